The summed E-state index contributed by atoms with van der Waals surface area (Å²) in [6, 6.07) is 0. The van der Waals surface area contributed by atoms with Gasteiger partial charge in [-0.05, 0) is 31.8 Å². The Hall–Kier alpha value is -1.16. The van der Waals surface area contributed by atoms with Crippen LogP contribution in [0.15, 0.2) is 12.2 Å². The van der Waals surface area contributed by atoms with Crippen molar-refractivity contribution >= 4 is 11.8 Å². The number of fused-ring (bicyclic) bond motifs is 3. The average molecular weight is 264 g/mol. The van der Waals surface area contributed by atoms with Crippen LogP contribution in [0.25, 0.3) is 0 Å². The Morgan fingerprint density at radius 2 is 2.05 bits per heavy atom. The van der Waals surface area contributed by atoms with Crippen LogP contribution in [0.4, 0.5) is 0 Å². The van der Waals surface area contributed by atoms with E-state index < -0.39 is 17.1 Å². The van der Waals surface area contributed by atoms with E-state index in [1.807, 2.05) is 6.92 Å². The molecule has 4 heteroatoms. The number of carbonyl (C=O) groups is 2. The van der Waals surface area contributed by atoms with Gasteiger partial charge in [-0.2, -0.15) is 0 Å². The van der Waals surface area contributed by atoms with Gasteiger partial charge in [0, 0.05) is 12.3 Å². The van der Waals surface area contributed by atoms with Crippen LogP contribution >= 0.6 is 0 Å². The molecule has 0 spiro atoms. The third-order valence-corrected chi connectivity index (χ3v) is 5.68. The minimum atomic E-state index is -1.38. The van der Waals surface area contributed by atoms with Crippen LogP contribution in [-0.2, 0) is 14.3 Å². The molecule has 2 saturated carbocycles. The van der Waals surface area contributed by atoms with Crippen LogP contribution in [-0.4, -0.2) is 28.6 Å². The quantitative estimate of drug-likeness (QED) is 0.533. The zero-order valence-electron chi connectivity index (χ0n) is 11.4. The monoisotopic (exact) mass is 264 g/mol. The Kier molecular flexibility index (Phi) is 2.50. The van der Waals surface area contributed by atoms with Gasteiger partial charge >= 0.3 is 5.97 Å². The molecular weight excluding hydrogens is 244 g/mol. The molecule has 1 N–H and O–H groups in total. The van der Waals surface area contributed by atoms with E-state index in [-0.39, 0.29) is 23.6 Å². The summed E-state index contributed by atoms with van der Waals surface area (Å²) in [7, 11) is 0. The van der Waals surface area contributed by atoms with Gasteiger partial charge in [-0.3, -0.25) is 9.59 Å². The molecular formula is C15H20O4. The zero-order chi connectivity index (χ0) is 14.0. The molecule has 104 valence electrons. The maximum atomic E-state index is 12.3. The molecule has 19 heavy (non-hydrogen) atoms. The highest BCUT2D eigenvalue weighted by atomic mass is 16.6. The average Bonchev–Trinajstić information content (AvgIpc) is 2.66. The van der Waals surface area contributed by atoms with Crippen molar-refractivity contribution in [2.24, 2.45) is 17.3 Å². The van der Waals surface area contributed by atoms with Crippen molar-refractivity contribution in [3.63, 3.8) is 0 Å². The van der Waals surface area contributed by atoms with Gasteiger partial charge in [0.25, 0.3) is 0 Å². The number of hydrogen-bond acceptors (Lipinski definition) is 4. The first-order valence-corrected chi connectivity index (χ1v) is 6.97. The van der Waals surface area contributed by atoms with Gasteiger partial charge in [-0.1, -0.05) is 13.5 Å². The molecule has 0 bridgehead atoms. The van der Waals surface area contributed by atoms with Crippen molar-refractivity contribution in [2.45, 2.75) is 51.2 Å². The molecule has 3 aliphatic rings. The van der Waals surface area contributed by atoms with Crippen LogP contribution in [0.2, 0.25) is 0 Å². The SMILES string of the molecule is C=C1CCC(=O)[C@]2(C)CC[C@H]3[C@H](C)C(=O)O[C@@H]3[C@@]12O. The van der Waals surface area contributed by atoms with Crippen LogP contribution in [0.3, 0.4) is 0 Å². The van der Waals surface area contributed by atoms with Crippen LogP contribution in [0.1, 0.15) is 39.5 Å². The summed E-state index contributed by atoms with van der Waals surface area (Å²) < 4.78 is 5.43. The van der Waals surface area contributed by atoms with Crippen molar-refractivity contribution in [3.8, 4) is 0 Å². The number of Topliss-reactive ketones (excluding diaryl/α,β-unsaturated/α-hetero) is 1. The minimum Gasteiger partial charge on any atom is -0.458 e. The maximum Gasteiger partial charge on any atom is 0.309 e. The minimum absolute atomic E-state index is 0.00627. The second kappa shape index (κ2) is 3.69. The molecule has 3 fully saturated rings. The Labute approximate surface area is 112 Å². The van der Waals surface area contributed by atoms with Crippen LogP contribution < -0.4 is 0 Å². The van der Waals surface area contributed by atoms with Gasteiger partial charge in [-0.15, -0.1) is 0 Å². The largest absolute Gasteiger partial charge is 0.458 e. The Bertz CT molecular complexity index is 483. The number of esters is 1. The topological polar surface area (TPSA) is 63.6 Å². The first kappa shape index (κ1) is 12.9. The van der Waals surface area contributed by atoms with Gasteiger partial charge in [-0.25, -0.2) is 0 Å². The lowest BCUT2D eigenvalue weighted by Gasteiger charge is -2.55. The van der Waals surface area contributed by atoms with E-state index in [0.29, 0.717) is 24.8 Å². The summed E-state index contributed by atoms with van der Waals surface area (Å²) in [6.07, 6.45) is 1.66. The Morgan fingerprint density at radius 1 is 1.37 bits per heavy atom. The lowest BCUT2D eigenvalue weighted by Crippen LogP contribution is -2.65. The number of aliphatic hydroxyl groups is 1. The van der Waals surface area contributed by atoms with E-state index in [9.17, 15) is 14.7 Å². The summed E-state index contributed by atoms with van der Waals surface area (Å²) in [5.74, 6) is -0.411. The van der Waals surface area contributed by atoms with E-state index in [2.05, 4.69) is 6.58 Å². The van der Waals surface area contributed by atoms with Gasteiger partial charge < -0.3 is 9.84 Å². The lowest BCUT2D eigenvalue weighted by molar-refractivity contribution is -0.191. The second-order valence-electron chi connectivity index (χ2n) is 6.47. The van der Waals surface area contributed by atoms with Gasteiger partial charge in [0.15, 0.2) is 0 Å². The van der Waals surface area contributed by atoms with Gasteiger partial charge in [0.05, 0.1) is 11.3 Å². The molecule has 0 aromatic rings. The Balaban J connectivity index is 2.10. The van der Waals surface area contributed by atoms with E-state index in [4.69, 9.17) is 4.74 Å². The van der Waals surface area contributed by atoms with Crippen molar-refractivity contribution in [3.05, 3.63) is 12.2 Å². The smallest absolute Gasteiger partial charge is 0.309 e. The number of rotatable bonds is 0. The molecule has 5 atom stereocenters. The standard InChI is InChI=1S/C15H20O4/c1-8-4-5-11(16)14(3)7-6-10-9(2)13(17)19-12(10)15(8,14)18/h9-10,12,18H,1,4-7H2,2-3H3/t9-,10-,12-,14-,15-/m0/s1. The fraction of sp³-hybridized carbons (Fsp3) is 0.733. The molecule has 4 nitrogen and oxygen atoms in total. The molecule has 3 rings (SSSR count). The highest BCUT2D eigenvalue weighted by Crippen LogP contribution is 2.58. The van der Waals surface area contributed by atoms with E-state index in [1.165, 1.54) is 0 Å². The molecule has 0 unspecified atom stereocenters. The van der Waals surface area contributed by atoms with Gasteiger partial charge in [0.1, 0.15) is 17.5 Å². The molecule has 2 aliphatic carbocycles. The van der Waals surface area contributed by atoms with E-state index in [1.54, 1.807) is 6.92 Å². The lowest BCUT2D eigenvalue weighted by atomic mass is 9.51. The third kappa shape index (κ3) is 1.33. The van der Waals surface area contributed by atoms with Crippen molar-refractivity contribution in [2.75, 3.05) is 0 Å². The third-order valence-electron chi connectivity index (χ3n) is 5.68. The summed E-state index contributed by atoms with van der Waals surface area (Å²) in [5.41, 5.74) is -1.59. The van der Waals surface area contributed by atoms with Crippen molar-refractivity contribution in [1.82, 2.24) is 0 Å². The summed E-state index contributed by atoms with van der Waals surface area (Å²) in [4.78, 5) is 24.1. The molecule has 1 aliphatic heterocycles. The fourth-order valence-corrected chi connectivity index (χ4v) is 4.19. The fourth-order valence-electron chi connectivity index (χ4n) is 4.19. The number of ketones is 1. The predicted octanol–water partition coefficient (Wildman–Crippen LogP) is 1.61. The van der Waals surface area contributed by atoms with E-state index in [0.717, 1.165) is 6.42 Å². The molecule has 0 amide bonds. The number of carbonyl (C=O) groups excluding carboxylic acids is 2. The summed E-state index contributed by atoms with van der Waals surface area (Å²) >= 11 is 0. The summed E-state index contributed by atoms with van der Waals surface area (Å²) in [6.45, 7) is 7.60. The second-order valence-corrected chi connectivity index (χ2v) is 6.47. The first-order valence-electron chi connectivity index (χ1n) is 6.97. The highest BCUT2D eigenvalue weighted by Gasteiger charge is 2.67. The van der Waals surface area contributed by atoms with Crippen molar-refractivity contribution < 1.29 is 19.4 Å². The zero-order valence-corrected chi connectivity index (χ0v) is 11.4. The predicted molar refractivity (Wildman–Crippen MR) is 68.2 cm³/mol. The number of hydrogen-bond donors (Lipinski definition) is 1. The van der Waals surface area contributed by atoms with Gasteiger partial charge in [0.2, 0.25) is 0 Å². The molecule has 0 aromatic heterocycles. The normalized spacial score (nSPS) is 49.6. The number of ether oxygens (including phenoxy) is 1. The maximum absolute atomic E-state index is 12.3. The Morgan fingerprint density at radius 3 is 2.74 bits per heavy atom. The summed E-state index contributed by atoms with van der Waals surface area (Å²) in [5, 5.41) is 11.2. The molecule has 0 aromatic carbocycles. The highest BCUT2D eigenvalue weighted by molar-refractivity contribution is 5.89. The van der Waals surface area contributed by atoms with Crippen molar-refractivity contribution in [1.29, 1.82) is 0 Å². The van der Waals surface area contributed by atoms with Crippen LogP contribution in [0.5, 0.6) is 0 Å². The molecule has 0 radical (unpaired) electrons. The van der Waals surface area contributed by atoms with Crippen LogP contribution in [0, 0.1) is 17.3 Å². The molecule has 1 heterocycles. The van der Waals surface area contributed by atoms with E-state index >= 15 is 0 Å². The first-order chi connectivity index (χ1) is 8.82. The molecule has 1 saturated heterocycles.